The summed E-state index contributed by atoms with van der Waals surface area (Å²) in [4.78, 5) is 29.6. The molecule has 2 aromatic rings. The topological polar surface area (TPSA) is 84.7 Å². The number of anilines is 1. The fraction of sp³-hybridized carbons (Fsp3) is 0.353. The minimum atomic E-state index is -4.45. The van der Waals surface area contributed by atoms with E-state index >= 15 is 0 Å². The van der Waals surface area contributed by atoms with Gasteiger partial charge in [-0.25, -0.2) is 4.98 Å². The van der Waals surface area contributed by atoms with Crippen LogP contribution in [0, 0.1) is 5.92 Å². The number of carbonyl (C=O) groups excluding carboxylic acids is 2. The standard InChI is InChI=1S/C17H16F3N3O4/c18-17(19,20)10-27-14-4-3-12(7-21-14)22-16(25)11-6-15(24)23(8-11)9-13-2-1-5-26-13/h1-5,7,11H,6,8-10H2,(H,22,25). The number of ether oxygens (including phenoxy) is 1. The van der Waals surface area contributed by atoms with Gasteiger partial charge in [0.05, 0.1) is 30.6 Å². The van der Waals surface area contributed by atoms with Crippen LogP contribution < -0.4 is 10.1 Å². The zero-order chi connectivity index (χ0) is 19.4. The average Bonchev–Trinajstić information content (AvgIpc) is 3.24. The van der Waals surface area contributed by atoms with Crippen molar-refractivity contribution < 1.29 is 31.9 Å². The molecule has 144 valence electrons. The molecular weight excluding hydrogens is 367 g/mol. The summed E-state index contributed by atoms with van der Waals surface area (Å²) >= 11 is 0. The van der Waals surface area contributed by atoms with E-state index in [2.05, 4.69) is 15.0 Å². The molecule has 1 aliphatic heterocycles. The quantitative estimate of drug-likeness (QED) is 0.829. The first-order chi connectivity index (χ1) is 12.8. The van der Waals surface area contributed by atoms with Gasteiger partial charge in [-0.05, 0) is 18.2 Å². The van der Waals surface area contributed by atoms with E-state index in [4.69, 9.17) is 4.42 Å². The van der Waals surface area contributed by atoms with Gasteiger partial charge in [-0.1, -0.05) is 0 Å². The van der Waals surface area contributed by atoms with Crippen molar-refractivity contribution >= 4 is 17.5 Å². The summed E-state index contributed by atoms with van der Waals surface area (Å²) in [7, 11) is 0. The van der Waals surface area contributed by atoms with Gasteiger partial charge in [0.25, 0.3) is 0 Å². The Morgan fingerprint density at radius 3 is 2.81 bits per heavy atom. The van der Waals surface area contributed by atoms with Crippen molar-refractivity contribution in [2.45, 2.75) is 19.1 Å². The van der Waals surface area contributed by atoms with Crippen LogP contribution in [0.5, 0.6) is 5.88 Å². The molecular formula is C17H16F3N3O4. The lowest BCUT2D eigenvalue weighted by Crippen LogP contribution is -2.27. The number of likely N-dealkylation sites (tertiary alicyclic amines) is 1. The van der Waals surface area contributed by atoms with E-state index in [1.165, 1.54) is 29.5 Å². The van der Waals surface area contributed by atoms with Crippen molar-refractivity contribution in [2.24, 2.45) is 5.92 Å². The third-order valence-corrected chi connectivity index (χ3v) is 3.90. The van der Waals surface area contributed by atoms with Crippen molar-refractivity contribution in [1.29, 1.82) is 0 Å². The molecule has 1 saturated heterocycles. The maximum atomic E-state index is 12.3. The number of nitrogens with one attached hydrogen (secondary N) is 1. The van der Waals surface area contributed by atoms with Gasteiger partial charge in [0.15, 0.2) is 6.61 Å². The molecule has 3 heterocycles. The number of rotatable bonds is 6. The lowest BCUT2D eigenvalue weighted by atomic mass is 10.1. The lowest BCUT2D eigenvalue weighted by Gasteiger charge is -2.15. The predicted octanol–water partition coefficient (Wildman–Crippen LogP) is 2.60. The Morgan fingerprint density at radius 2 is 2.19 bits per heavy atom. The number of aromatic nitrogens is 1. The molecule has 1 atom stereocenters. The van der Waals surface area contributed by atoms with Crippen LogP contribution in [0.25, 0.3) is 0 Å². The smallest absolute Gasteiger partial charge is 0.422 e. The van der Waals surface area contributed by atoms with Crippen molar-refractivity contribution in [3.05, 3.63) is 42.5 Å². The summed E-state index contributed by atoms with van der Waals surface area (Å²) in [5, 5.41) is 2.60. The molecule has 1 fully saturated rings. The summed E-state index contributed by atoms with van der Waals surface area (Å²) < 4.78 is 46.0. The van der Waals surface area contributed by atoms with E-state index in [9.17, 15) is 22.8 Å². The third kappa shape index (κ3) is 5.22. The first kappa shape index (κ1) is 18.7. The molecule has 1 unspecified atom stereocenters. The molecule has 27 heavy (non-hydrogen) atoms. The largest absolute Gasteiger partial charge is 0.468 e. The van der Waals surface area contributed by atoms with Gasteiger partial charge >= 0.3 is 6.18 Å². The zero-order valence-corrected chi connectivity index (χ0v) is 14.0. The summed E-state index contributed by atoms with van der Waals surface area (Å²) in [6, 6.07) is 6.07. The summed E-state index contributed by atoms with van der Waals surface area (Å²) in [5.41, 5.74) is 0.302. The van der Waals surface area contributed by atoms with Crippen LogP contribution in [0.1, 0.15) is 12.2 Å². The normalized spacial score (nSPS) is 17.2. The monoisotopic (exact) mass is 383 g/mol. The third-order valence-electron chi connectivity index (χ3n) is 3.90. The first-order valence-corrected chi connectivity index (χ1v) is 8.07. The fourth-order valence-electron chi connectivity index (χ4n) is 2.63. The maximum absolute atomic E-state index is 12.3. The molecule has 0 radical (unpaired) electrons. The molecule has 0 aromatic carbocycles. The van der Waals surface area contributed by atoms with Crippen molar-refractivity contribution in [3.63, 3.8) is 0 Å². The summed E-state index contributed by atoms with van der Waals surface area (Å²) in [6.07, 6.45) is -1.67. The van der Waals surface area contributed by atoms with Crippen LogP contribution in [-0.2, 0) is 16.1 Å². The highest BCUT2D eigenvalue weighted by Gasteiger charge is 2.34. The number of nitrogens with zero attached hydrogens (tertiary/aromatic N) is 2. The molecule has 2 amide bonds. The summed E-state index contributed by atoms with van der Waals surface area (Å²) in [5.74, 6) is -0.626. The molecule has 1 aliphatic rings. The van der Waals surface area contributed by atoms with Crippen LogP contribution in [0.15, 0.2) is 41.1 Å². The van der Waals surface area contributed by atoms with Crippen molar-refractivity contribution in [2.75, 3.05) is 18.5 Å². The van der Waals surface area contributed by atoms with Crippen LogP contribution in [0.2, 0.25) is 0 Å². The zero-order valence-electron chi connectivity index (χ0n) is 14.0. The highest BCUT2D eigenvalue weighted by Crippen LogP contribution is 2.23. The molecule has 0 saturated carbocycles. The SMILES string of the molecule is O=C(Nc1ccc(OCC(F)(F)F)nc1)C1CC(=O)N(Cc2ccco2)C1. The molecule has 0 spiro atoms. The van der Waals surface area contributed by atoms with Gasteiger partial charge in [0.2, 0.25) is 17.7 Å². The number of halogens is 3. The Kier molecular flexibility index (Phi) is 5.33. The van der Waals surface area contributed by atoms with Crippen LogP contribution in [0.3, 0.4) is 0 Å². The van der Waals surface area contributed by atoms with Gasteiger partial charge in [0, 0.05) is 19.0 Å². The minimum absolute atomic E-state index is 0.0761. The van der Waals surface area contributed by atoms with E-state index < -0.39 is 18.7 Å². The summed E-state index contributed by atoms with van der Waals surface area (Å²) in [6.45, 7) is -0.893. The second-order valence-electron chi connectivity index (χ2n) is 6.03. The van der Waals surface area contributed by atoms with E-state index in [0.29, 0.717) is 18.0 Å². The highest BCUT2D eigenvalue weighted by atomic mass is 19.4. The molecule has 3 rings (SSSR count). The van der Waals surface area contributed by atoms with E-state index in [1.54, 1.807) is 12.1 Å². The highest BCUT2D eigenvalue weighted by molar-refractivity contribution is 5.97. The van der Waals surface area contributed by atoms with Gasteiger partial charge in [0.1, 0.15) is 5.76 Å². The molecule has 7 nitrogen and oxygen atoms in total. The Hall–Kier alpha value is -3.04. The molecule has 1 N–H and O–H groups in total. The number of furan rings is 1. The minimum Gasteiger partial charge on any atom is -0.468 e. The molecule has 2 aromatic heterocycles. The van der Waals surface area contributed by atoms with E-state index in [0.717, 1.165) is 0 Å². The fourth-order valence-corrected chi connectivity index (χ4v) is 2.63. The molecule has 0 bridgehead atoms. The van der Waals surface area contributed by atoms with Crippen LogP contribution in [-0.4, -0.2) is 41.0 Å². The van der Waals surface area contributed by atoms with Crippen LogP contribution in [0.4, 0.5) is 18.9 Å². The number of hydrogen-bond donors (Lipinski definition) is 1. The first-order valence-electron chi connectivity index (χ1n) is 8.07. The van der Waals surface area contributed by atoms with Gasteiger partial charge < -0.3 is 19.4 Å². The van der Waals surface area contributed by atoms with Crippen molar-refractivity contribution in [3.8, 4) is 5.88 Å². The lowest BCUT2D eigenvalue weighted by molar-refractivity contribution is -0.154. The molecule has 0 aliphatic carbocycles. The number of carbonyl (C=O) groups is 2. The Bertz CT molecular complexity index is 791. The Balaban J connectivity index is 1.52. The number of amides is 2. The molecule has 10 heteroatoms. The van der Waals surface area contributed by atoms with E-state index in [-0.39, 0.29) is 30.7 Å². The van der Waals surface area contributed by atoms with Crippen LogP contribution >= 0.6 is 0 Å². The van der Waals surface area contributed by atoms with Crippen molar-refractivity contribution in [1.82, 2.24) is 9.88 Å². The number of hydrogen-bond acceptors (Lipinski definition) is 5. The maximum Gasteiger partial charge on any atom is 0.422 e. The van der Waals surface area contributed by atoms with Gasteiger partial charge in [-0.3, -0.25) is 9.59 Å². The number of pyridine rings is 1. The second-order valence-corrected chi connectivity index (χ2v) is 6.03. The number of alkyl halides is 3. The van der Waals surface area contributed by atoms with Gasteiger partial charge in [-0.15, -0.1) is 0 Å². The van der Waals surface area contributed by atoms with Gasteiger partial charge in [-0.2, -0.15) is 13.2 Å². The van der Waals surface area contributed by atoms with E-state index in [1.807, 2.05) is 0 Å². The Morgan fingerprint density at radius 1 is 1.37 bits per heavy atom. The second kappa shape index (κ2) is 7.68. The Labute approximate surface area is 152 Å². The average molecular weight is 383 g/mol. The predicted molar refractivity (Wildman–Crippen MR) is 86.6 cm³/mol.